The quantitative estimate of drug-likeness (QED) is 0.360. The molecule has 0 spiro atoms. The molecule has 0 aliphatic heterocycles. The number of hydrogen-bond donors (Lipinski definition) is 0. The second-order valence-corrected chi connectivity index (χ2v) is 2.52. The first-order valence-corrected chi connectivity index (χ1v) is 4.11. The monoisotopic (exact) mass is 171 g/mol. The molecule has 0 aromatic heterocycles. The van der Waals surface area contributed by atoms with Crippen LogP contribution in [0.3, 0.4) is 0 Å². The summed E-state index contributed by atoms with van der Waals surface area (Å²) in [5.74, 6) is -0.569. The van der Waals surface area contributed by atoms with E-state index < -0.39 is 5.97 Å². The second-order valence-electron chi connectivity index (χ2n) is 2.02. The second kappa shape index (κ2) is 4.80. The smallest absolute Gasteiger partial charge is 0.360 e. The van der Waals surface area contributed by atoms with Crippen LogP contribution in [0.1, 0.15) is 13.8 Å². The predicted octanol–water partition coefficient (Wildman–Crippen LogP) is 1.67. The summed E-state index contributed by atoms with van der Waals surface area (Å²) in [5, 5.41) is 8.48. The van der Waals surface area contributed by atoms with Crippen LogP contribution in [0.4, 0.5) is 0 Å². The van der Waals surface area contributed by atoms with Crippen LogP contribution in [0.2, 0.25) is 0 Å². The number of rotatable bonds is 2. The molecule has 0 saturated carbocycles. The summed E-state index contributed by atoms with van der Waals surface area (Å²) in [6.45, 7) is 3.39. The van der Waals surface area contributed by atoms with Gasteiger partial charge in [-0.1, -0.05) is 5.57 Å². The Balaban J connectivity index is 4.45. The Hall–Kier alpha value is -0.950. The minimum atomic E-state index is -0.569. The molecule has 0 amide bonds. The van der Waals surface area contributed by atoms with E-state index in [0.717, 1.165) is 12.0 Å². The zero-order chi connectivity index (χ0) is 8.85. The minimum absolute atomic E-state index is 0.0827. The molecule has 0 atom stereocenters. The van der Waals surface area contributed by atoms with Crippen LogP contribution in [0.15, 0.2) is 11.1 Å². The number of nitriles is 1. The van der Waals surface area contributed by atoms with Gasteiger partial charge in [0.05, 0.1) is 12.0 Å². The highest BCUT2D eigenvalue weighted by Gasteiger charge is 2.11. The molecule has 0 aromatic rings. The lowest BCUT2D eigenvalue weighted by Crippen LogP contribution is -2.02. The fraction of sp³-hybridized carbons (Fsp3) is 0.429. The molecule has 0 aliphatic carbocycles. The fourth-order valence-electron chi connectivity index (χ4n) is 0.479. The number of hydrogen-bond acceptors (Lipinski definition) is 4. The van der Waals surface area contributed by atoms with E-state index in [9.17, 15) is 4.79 Å². The van der Waals surface area contributed by atoms with Gasteiger partial charge in [0.1, 0.15) is 11.6 Å². The molecule has 60 valence electrons. The minimum Gasteiger partial charge on any atom is -0.388 e. The van der Waals surface area contributed by atoms with Gasteiger partial charge >= 0.3 is 5.97 Å². The van der Waals surface area contributed by atoms with Crippen LogP contribution in [0.25, 0.3) is 0 Å². The van der Waals surface area contributed by atoms with Crippen molar-refractivity contribution in [1.29, 1.82) is 5.26 Å². The Bertz CT molecular complexity index is 223. The lowest BCUT2D eigenvalue weighted by molar-refractivity contribution is -0.128. The first-order valence-electron chi connectivity index (χ1n) is 2.96. The van der Waals surface area contributed by atoms with Crippen LogP contribution >= 0.6 is 12.0 Å². The molecule has 0 aromatic carbocycles. The lowest BCUT2D eigenvalue weighted by Gasteiger charge is -1.97. The molecule has 0 bridgehead atoms. The van der Waals surface area contributed by atoms with Crippen molar-refractivity contribution in [2.45, 2.75) is 13.8 Å². The highest BCUT2D eigenvalue weighted by atomic mass is 32.2. The van der Waals surface area contributed by atoms with Gasteiger partial charge in [-0.15, -0.1) is 0 Å². The Labute approximate surface area is 70.2 Å². The normalized spacial score (nSPS) is 8.18. The van der Waals surface area contributed by atoms with E-state index in [1.807, 2.05) is 0 Å². The summed E-state index contributed by atoms with van der Waals surface area (Å²) in [6.07, 6.45) is 1.62. The Morgan fingerprint density at radius 1 is 1.55 bits per heavy atom. The molecule has 3 nitrogen and oxygen atoms in total. The summed E-state index contributed by atoms with van der Waals surface area (Å²) >= 11 is 0.936. The molecule has 4 heteroatoms. The highest BCUT2D eigenvalue weighted by molar-refractivity contribution is 7.94. The lowest BCUT2D eigenvalue weighted by atomic mass is 10.2. The van der Waals surface area contributed by atoms with E-state index >= 15 is 0 Å². The average Bonchev–Trinajstić information content (AvgIpc) is 1.88. The maximum atomic E-state index is 10.9. The predicted molar refractivity (Wildman–Crippen MR) is 43.6 cm³/mol. The third-order valence-electron chi connectivity index (χ3n) is 0.975. The molecule has 0 fully saturated rings. The molecule has 0 unspecified atom stereocenters. The van der Waals surface area contributed by atoms with Gasteiger partial charge in [-0.25, -0.2) is 4.79 Å². The Morgan fingerprint density at radius 2 is 2.09 bits per heavy atom. The first kappa shape index (κ1) is 10.0. The SMILES string of the molecule is CSOC(=O)C(C#N)=C(C)C. The number of carbonyl (C=O) groups excluding carboxylic acids is 1. The summed E-state index contributed by atoms with van der Waals surface area (Å²) in [5.41, 5.74) is 0.755. The molecule has 0 radical (unpaired) electrons. The first-order chi connectivity index (χ1) is 5.13. The summed E-state index contributed by atoms with van der Waals surface area (Å²) < 4.78 is 4.55. The maximum Gasteiger partial charge on any atom is 0.360 e. The van der Waals surface area contributed by atoms with Crippen molar-refractivity contribution in [2.24, 2.45) is 0 Å². The molecule has 0 saturated heterocycles. The third kappa shape index (κ3) is 3.10. The summed E-state index contributed by atoms with van der Waals surface area (Å²) in [6, 6.07) is 1.78. The van der Waals surface area contributed by atoms with Crippen molar-refractivity contribution in [3.8, 4) is 6.07 Å². The molecular weight excluding hydrogens is 162 g/mol. The summed E-state index contributed by atoms with van der Waals surface area (Å²) in [4.78, 5) is 10.9. The van der Waals surface area contributed by atoms with E-state index in [2.05, 4.69) is 4.18 Å². The van der Waals surface area contributed by atoms with Gasteiger partial charge in [-0.2, -0.15) is 5.26 Å². The largest absolute Gasteiger partial charge is 0.388 e. The number of allylic oxidation sites excluding steroid dienone is 1. The van der Waals surface area contributed by atoms with Gasteiger partial charge in [0.25, 0.3) is 0 Å². The summed E-state index contributed by atoms with van der Waals surface area (Å²) in [7, 11) is 0. The highest BCUT2D eigenvalue weighted by Crippen LogP contribution is 2.07. The van der Waals surface area contributed by atoms with Crippen LogP contribution in [-0.2, 0) is 8.98 Å². The number of carbonyl (C=O) groups is 1. The van der Waals surface area contributed by atoms with Crippen molar-refractivity contribution in [3.63, 3.8) is 0 Å². The third-order valence-corrected chi connectivity index (χ3v) is 1.29. The van der Waals surface area contributed by atoms with Gasteiger partial charge < -0.3 is 4.18 Å². The van der Waals surface area contributed by atoms with E-state index in [4.69, 9.17) is 5.26 Å². The average molecular weight is 171 g/mol. The van der Waals surface area contributed by atoms with Crippen LogP contribution < -0.4 is 0 Å². The molecule has 0 heterocycles. The Kier molecular flexibility index (Phi) is 4.39. The van der Waals surface area contributed by atoms with Crippen LogP contribution in [0, 0.1) is 11.3 Å². The van der Waals surface area contributed by atoms with E-state index in [0.29, 0.717) is 5.57 Å². The van der Waals surface area contributed by atoms with Crippen molar-refractivity contribution in [2.75, 3.05) is 6.26 Å². The van der Waals surface area contributed by atoms with Crippen LogP contribution in [0.5, 0.6) is 0 Å². The van der Waals surface area contributed by atoms with E-state index in [1.54, 1.807) is 26.2 Å². The maximum absolute atomic E-state index is 10.9. The van der Waals surface area contributed by atoms with Gasteiger partial charge in [-0.3, -0.25) is 0 Å². The zero-order valence-electron chi connectivity index (χ0n) is 6.67. The van der Waals surface area contributed by atoms with Crippen molar-refractivity contribution < 1.29 is 8.98 Å². The van der Waals surface area contributed by atoms with Crippen molar-refractivity contribution in [3.05, 3.63) is 11.1 Å². The van der Waals surface area contributed by atoms with Crippen molar-refractivity contribution in [1.82, 2.24) is 0 Å². The van der Waals surface area contributed by atoms with Gasteiger partial charge in [-0.05, 0) is 13.8 Å². The molecule has 0 rings (SSSR count). The topological polar surface area (TPSA) is 50.1 Å². The van der Waals surface area contributed by atoms with Crippen molar-refractivity contribution >= 4 is 18.0 Å². The Morgan fingerprint density at radius 3 is 2.36 bits per heavy atom. The zero-order valence-corrected chi connectivity index (χ0v) is 7.49. The molecule has 0 N–H and O–H groups in total. The number of nitrogens with zero attached hydrogens (tertiary/aromatic N) is 1. The van der Waals surface area contributed by atoms with Gasteiger partial charge in [0.2, 0.25) is 0 Å². The molecular formula is C7H9NO2S. The van der Waals surface area contributed by atoms with E-state index in [-0.39, 0.29) is 5.57 Å². The standard InChI is InChI=1S/C7H9NO2S/c1-5(2)6(4-8)7(9)10-11-3/h1-3H3. The molecule has 0 aliphatic rings. The van der Waals surface area contributed by atoms with Gasteiger partial charge in [0, 0.05) is 6.26 Å². The fourth-order valence-corrected chi connectivity index (χ4v) is 0.714. The van der Waals surface area contributed by atoms with Crippen LogP contribution in [-0.4, -0.2) is 12.2 Å². The molecule has 11 heavy (non-hydrogen) atoms. The van der Waals surface area contributed by atoms with E-state index in [1.165, 1.54) is 0 Å². The van der Waals surface area contributed by atoms with Gasteiger partial charge in [0.15, 0.2) is 0 Å².